The van der Waals surface area contributed by atoms with Crippen molar-refractivity contribution in [2.24, 2.45) is 4.99 Å². The van der Waals surface area contributed by atoms with Crippen LogP contribution >= 0.6 is 0 Å². The molecule has 0 unspecified atom stereocenters. The molecule has 0 atom stereocenters. The van der Waals surface area contributed by atoms with Crippen molar-refractivity contribution in [3.63, 3.8) is 0 Å². The van der Waals surface area contributed by atoms with Crippen molar-refractivity contribution in [1.29, 1.82) is 0 Å². The van der Waals surface area contributed by atoms with Gasteiger partial charge in [0.15, 0.2) is 5.96 Å². The second-order valence-corrected chi connectivity index (χ2v) is 8.10. The fourth-order valence-corrected chi connectivity index (χ4v) is 4.07. The van der Waals surface area contributed by atoms with Gasteiger partial charge in [-0.25, -0.2) is 9.98 Å². The Morgan fingerprint density at radius 2 is 1.97 bits per heavy atom. The van der Waals surface area contributed by atoms with Crippen LogP contribution in [-0.4, -0.2) is 68.0 Å². The van der Waals surface area contributed by atoms with Crippen LogP contribution in [0.4, 0.5) is 0 Å². The smallest absolute Gasteiger partial charge is 0.213 e. The Balaban J connectivity index is 1.50. The van der Waals surface area contributed by atoms with Gasteiger partial charge in [-0.05, 0) is 63.5 Å². The van der Waals surface area contributed by atoms with Gasteiger partial charge in [-0.2, -0.15) is 0 Å². The molecular weight excluding hydrogens is 380 g/mol. The normalized spacial score (nSPS) is 18.7. The number of likely N-dealkylation sites (tertiary alicyclic amines) is 1. The third kappa shape index (κ3) is 7.43. The average molecular weight is 419 g/mol. The molecule has 1 aromatic heterocycles. The zero-order chi connectivity index (χ0) is 21.0. The first kappa shape index (κ1) is 22.8. The van der Waals surface area contributed by atoms with Crippen LogP contribution in [0, 0.1) is 0 Å². The Bertz CT molecular complexity index is 641. The Morgan fingerprint density at radius 1 is 1.17 bits per heavy atom. The highest BCUT2D eigenvalue weighted by Crippen LogP contribution is 2.23. The summed E-state index contributed by atoms with van der Waals surface area (Å²) in [5, 5.41) is 3.44. The number of pyridine rings is 1. The van der Waals surface area contributed by atoms with E-state index < -0.39 is 0 Å². The van der Waals surface area contributed by atoms with Crippen LogP contribution in [0.1, 0.15) is 57.4 Å². The van der Waals surface area contributed by atoms with Gasteiger partial charge in [0.1, 0.15) is 6.10 Å². The molecule has 0 bridgehead atoms. The number of nitrogens with zero attached hydrogens (tertiary/aromatic N) is 3. The lowest BCUT2D eigenvalue weighted by atomic mass is 10.1. The zero-order valence-corrected chi connectivity index (χ0v) is 18.6. The number of ether oxygens (including phenoxy) is 3. The number of rotatable bonds is 10. The van der Waals surface area contributed by atoms with Crippen molar-refractivity contribution in [1.82, 2.24) is 15.2 Å². The molecule has 30 heavy (non-hydrogen) atoms. The Morgan fingerprint density at radius 3 is 2.70 bits per heavy atom. The number of hydrogen-bond donors (Lipinski definition) is 1. The Labute approximate surface area is 181 Å². The lowest BCUT2D eigenvalue weighted by Gasteiger charge is -2.34. The number of piperidine rings is 1. The predicted molar refractivity (Wildman–Crippen MR) is 119 cm³/mol. The van der Waals surface area contributed by atoms with E-state index in [1.54, 1.807) is 7.11 Å². The summed E-state index contributed by atoms with van der Waals surface area (Å²) in [6, 6.07) is 4.06. The van der Waals surface area contributed by atoms with E-state index in [1.165, 1.54) is 12.8 Å². The molecule has 7 heteroatoms. The third-order valence-electron chi connectivity index (χ3n) is 5.72. The number of hydrogen-bond acceptors (Lipinski definition) is 5. The first-order chi connectivity index (χ1) is 14.8. The summed E-state index contributed by atoms with van der Waals surface area (Å²) in [6.45, 7) is 7.07. The average Bonchev–Trinajstić information content (AvgIpc) is 3.28. The SMILES string of the molecule is CCNC(=NCc1ccnc(OC2CCCC2)c1)N1CCC(OCCCOC)CC1. The third-order valence-corrected chi connectivity index (χ3v) is 5.72. The van der Waals surface area contributed by atoms with Gasteiger partial charge in [-0.15, -0.1) is 0 Å². The Hall–Kier alpha value is -1.86. The van der Waals surface area contributed by atoms with Gasteiger partial charge in [0.2, 0.25) is 5.88 Å². The highest BCUT2D eigenvalue weighted by molar-refractivity contribution is 5.80. The molecule has 0 spiro atoms. The van der Waals surface area contributed by atoms with Crippen LogP contribution in [0.3, 0.4) is 0 Å². The summed E-state index contributed by atoms with van der Waals surface area (Å²) in [6.07, 6.45) is 10.3. The van der Waals surface area contributed by atoms with Crippen molar-refractivity contribution >= 4 is 5.96 Å². The van der Waals surface area contributed by atoms with Gasteiger partial charge in [0.25, 0.3) is 0 Å². The number of methoxy groups -OCH3 is 1. The van der Waals surface area contributed by atoms with Gasteiger partial charge < -0.3 is 24.4 Å². The first-order valence-electron chi connectivity index (χ1n) is 11.5. The second kappa shape index (κ2) is 12.7. The zero-order valence-electron chi connectivity index (χ0n) is 18.6. The molecule has 0 radical (unpaired) electrons. The Kier molecular flexibility index (Phi) is 9.70. The minimum Gasteiger partial charge on any atom is -0.474 e. The van der Waals surface area contributed by atoms with Crippen LogP contribution in [-0.2, 0) is 16.0 Å². The lowest BCUT2D eigenvalue weighted by Crippen LogP contribution is -2.47. The molecule has 0 amide bonds. The van der Waals surface area contributed by atoms with Gasteiger partial charge >= 0.3 is 0 Å². The maximum Gasteiger partial charge on any atom is 0.213 e. The summed E-state index contributed by atoms with van der Waals surface area (Å²) in [5.74, 6) is 1.71. The van der Waals surface area contributed by atoms with Gasteiger partial charge in [0, 0.05) is 52.2 Å². The second-order valence-electron chi connectivity index (χ2n) is 8.10. The number of nitrogens with one attached hydrogen (secondary N) is 1. The molecule has 2 heterocycles. The van der Waals surface area contributed by atoms with Crippen LogP contribution < -0.4 is 10.1 Å². The molecule has 1 aromatic rings. The molecule has 1 saturated carbocycles. The summed E-state index contributed by atoms with van der Waals surface area (Å²) in [5.41, 5.74) is 1.13. The minimum absolute atomic E-state index is 0.326. The maximum atomic E-state index is 6.04. The van der Waals surface area contributed by atoms with Crippen LogP contribution in [0.15, 0.2) is 23.3 Å². The fraction of sp³-hybridized carbons (Fsp3) is 0.739. The molecule has 2 fully saturated rings. The fourth-order valence-electron chi connectivity index (χ4n) is 4.07. The van der Waals surface area contributed by atoms with E-state index in [0.29, 0.717) is 18.8 Å². The summed E-state index contributed by atoms with van der Waals surface area (Å²) < 4.78 is 17.1. The molecule has 0 aromatic carbocycles. The summed E-state index contributed by atoms with van der Waals surface area (Å²) in [4.78, 5) is 11.6. The van der Waals surface area contributed by atoms with E-state index in [-0.39, 0.29) is 0 Å². The van der Waals surface area contributed by atoms with Crippen LogP contribution in [0.5, 0.6) is 5.88 Å². The molecule has 2 aliphatic rings. The minimum atomic E-state index is 0.326. The van der Waals surface area contributed by atoms with Gasteiger partial charge in [-0.3, -0.25) is 0 Å². The molecule has 1 aliphatic heterocycles. The van der Waals surface area contributed by atoms with E-state index in [4.69, 9.17) is 19.2 Å². The largest absolute Gasteiger partial charge is 0.474 e. The first-order valence-corrected chi connectivity index (χ1v) is 11.5. The quantitative estimate of drug-likeness (QED) is 0.357. The topological polar surface area (TPSA) is 68.2 Å². The number of aromatic nitrogens is 1. The number of aliphatic imine (C=N–C) groups is 1. The highest BCUT2D eigenvalue weighted by Gasteiger charge is 2.22. The molecule has 1 saturated heterocycles. The molecule has 1 N–H and O–H groups in total. The molecular formula is C23H38N4O3. The van der Waals surface area contributed by atoms with Crippen molar-refractivity contribution in [3.8, 4) is 5.88 Å². The monoisotopic (exact) mass is 418 g/mol. The predicted octanol–water partition coefficient (Wildman–Crippen LogP) is 3.39. The van der Waals surface area contributed by atoms with Crippen molar-refractivity contribution in [2.75, 3.05) is 40.0 Å². The summed E-state index contributed by atoms with van der Waals surface area (Å²) >= 11 is 0. The summed E-state index contributed by atoms with van der Waals surface area (Å²) in [7, 11) is 1.73. The van der Waals surface area contributed by atoms with Gasteiger partial charge in [0.05, 0.1) is 12.6 Å². The van der Waals surface area contributed by atoms with E-state index in [9.17, 15) is 0 Å². The highest BCUT2D eigenvalue weighted by atomic mass is 16.5. The van der Waals surface area contributed by atoms with Crippen molar-refractivity contribution < 1.29 is 14.2 Å². The molecule has 7 nitrogen and oxygen atoms in total. The number of guanidine groups is 1. The maximum absolute atomic E-state index is 6.04. The molecule has 168 valence electrons. The van der Waals surface area contributed by atoms with Crippen LogP contribution in [0.2, 0.25) is 0 Å². The van der Waals surface area contributed by atoms with E-state index >= 15 is 0 Å². The van der Waals surface area contributed by atoms with Crippen molar-refractivity contribution in [3.05, 3.63) is 23.9 Å². The van der Waals surface area contributed by atoms with Crippen LogP contribution in [0.25, 0.3) is 0 Å². The standard InChI is InChI=1S/C23H38N4O3/c1-3-24-23(27-13-10-20(11-14-27)29-16-6-15-28-2)26-18-19-9-12-25-22(17-19)30-21-7-4-5-8-21/h9,12,17,20-21H,3-8,10-11,13-16,18H2,1-2H3,(H,24,26). The van der Waals surface area contributed by atoms with Gasteiger partial charge in [-0.1, -0.05) is 0 Å². The lowest BCUT2D eigenvalue weighted by molar-refractivity contribution is 0.00990. The van der Waals surface area contributed by atoms with E-state index in [1.807, 2.05) is 18.3 Å². The molecule has 3 rings (SSSR count). The van der Waals surface area contributed by atoms with E-state index in [2.05, 4.69) is 22.1 Å². The van der Waals surface area contributed by atoms with Crippen molar-refractivity contribution in [2.45, 2.75) is 70.6 Å². The van der Waals surface area contributed by atoms with E-state index in [0.717, 1.165) is 82.4 Å². The molecule has 1 aliphatic carbocycles.